The summed E-state index contributed by atoms with van der Waals surface area (Å²) >= 11 is 0. The van der Waals surface area contributed by atoms with Gasteiger partial charge >= 0.3 is 0 Å². The third-order valence-corrected chi connectivity index (χ3v) is 6.70. The average molecular weight is 406 g/mol. The van der Waals surface area contributed by atoms with Crippen molar-refractivity contribution in [3.05, 3.63) is 60.2 Å². The van der Waals surface area contributed by atoms with Crippen LogP contribution in [-0.4, -0.2) is 61.2 Å². The van der Waals surface area contributed by atoms with E-state index in [0.717, 1.165) is 17.7 Å². The maximum Gasteiger partial charge on any atom is 0.243 e. The number of hydrogen-bond donors (Lipinski definition) is 1. The van der Waals surface area contributed by atoms with Crippen LogP contribution in [0, 0.1) is 5.82 Å². The largest absolute Gasteiger partial charge is 0.339 e. The minimum Gasteiger partial charge on any atom is -0.339 e. The molecule has 28 heavy (non-hydrogen) atoms. The lowest BCUT2D eigenvalue weighted by Crippen LogP contribution is -2.52. The van der Waals surface area contributed by atoms with Crippen LogP contribution in [0.3, 0.4) is 0 Å². The first-order chi connectivity index (χ1) is 13.4. The van der Waals surface area contributed by atoms with Gasteiger partial charge in [-0.1, -0.05) is 6.07 Å². The van der Waals surface area contributed by atoms with Crippen molar-refractivity contribution in [2.45, 2.75) is 17.9 Å². The van der Waals surface area contributed by atoms with E-state index in [1.165, 1.54) is 16.4 Å². The van der Waals surface area contributed by atoms with E-state index in [2.05, 4.69) is 10.3 Å². The molecule has 0 bridgehead atoms. The summed E-state index contributed by atoms with van der Waals surface area (Å²) in [4.78, 5) is 18.2. The summed E-state index contributed by atoms with van der Waals surface area (Å²) in [6.45, 7) is 3.19. The molecule has 0 aliphatic carbocycles. The maximum absolute atomic E-state index is 13.0. The molecule has 1 N–H and O–H groups in total. The first kappa shape index (κ1) is 20.4. The van der Waals surface area contributed by atoms with E-state index in [0.29, 0.717) is 13.1 Å². The number of benzene rings is 1. The van der Waals surface area contributed by atoms with Crippen LogP contribution >= 0.6 is 0 Å². The number of rotatable bonds is 6. The smallest absolute Gasteiger partial charge is 0.243 e. The van der Waals surface area contributed by atoms with E-state index in [-0.39, 0.29) is 36.5 Å². The fourth-order valence-electron chi connectivity index (χ4n) is 3.04. The number of amides is 1. The van der Waals surface area contributed by atoms with Crippen molar-refractivity contribution in [2.24, 2.45) is 0 Å². The summed E-state index contributed by atoms with van der Waals surface area (Å²) in [7, 11) is -3.68. The van der Waals surface area contributed by atoms with Crippen molar-refractivity contribution >= 4 is 15.9 Å². The first-order valence-electron chi connectivity index (χ1n) is 9.05. The predicted molar refractivity (Wildman–Crippen MR) is 102 cm³/mol. The van der Waals surface area contributed by atoms with Crippen LogP contribution in [0.15, 0.2) is 53.7 Å². The molecule has 1 aromatic carbocycles. The Kier molecular flexibility index (Phi) is 6.38. The second-order valence-corrected chi connectivity index (χ2v) is 8.57. The number of sulfonamides is 1. The molecule has 1 saturated heterocycles. The summed E-state index contributed by atoms with van der Waals surface area (Å²) in [5.74, 6) is -0.558. The van der Waals surface area contributed by atoms with Gasteiger partial charge in [-0.15, -0.1) is 0 Å². The van der Waals surface area contributed by atoms with Crippen LogP contribution in [-0.2, 0) is 14.8 Å². The highest BCUT2D eigenvalue weighted by atomic mass is 32.2. The van der Waals surface area contributed by atoms with Crippen LogP contribution in [0.2, 0.25) is 0 Å². The fraction of sp³-hybridized carbons (Fsp3) is 0.368. The highest BCUT2D eigenvalue weighted by Gasteiger charge is 2.30. The van der Waals surface area contributed by atoms with Crippen LogP contribution in [0.4, 0.5) is 4.39 Å². The Morgan fingerprint density at radius 2 is 1.86 bits per heavy atom. The van der Waals surface area contributed by atoms with E-state index in [4.69, 9.17) is 0 Å². The molecule has 2 aromatic rings. The van der Waals surface area contributed by atoms with Crippen LogP contribution in [0.1, 0.15) is 18.5 Å². The van der Waals surface area contributed by atoms with Gasteiger partial charge < -0.3 is 10.2 Å². The van der Waals surface area contributed by atoms with E-state index in [1.54, 1.807) is 17.3 Å². The number of carbonyl (C=O) groups is 1. The number of nitrogens with zero attached hydrogens (tertiary/aromatic N) is 3. The SMILES string of the molecule is CC(NCC(=O)N1CCN(S(=O)(=O)c2ccc(F)cc2)CC1)c1cccnc1. The van der Waals surface area contributed by atoms with E-state index in [1.807, 2.05) is 19.1 Å². The minimum atomic E-state index is -3.68. The van der Waals surface area contributed by atoms with Gasteiger partial charge in [0.25, 0.3) is 0 Å². The number of carbonyl (C=O) groups excluding carboxylic acids is 1. The zero-order valence-electron chi connectivity index (χ0n) is 15.6. The topological polar surface area (TPSA) is 82.6 Å². The van der Waals surface area contributed by atoms with Crippen LogP contribution < -0.4 is 5.32 Å². The number of aromatic nitrogens is 1. The van der Waals surface area contributed by atoms with E-state index < -0.39 is 15.8 Å². The summed E-state index contributed by atoms with van der Waals surface area (Å²) in [6, 6.07) is 8.53. The molecule has 1 aliphatic heterocycles. The molecule has 0 spiro atoms. The van der Waals surface area contributed by atoms with Gasteiger partial charge in [-0.05, 0) is 42.8 Å². The molecule has 1 amide bonds. The average Bonchev–Trinajstić information content (AvgIpc) is 2.73. The second-order valence-electron chi connectivity index (χ2n) is 6.63. The van der Waals surface area contributed by atoms with Crippen molar-refractivity contribution in [2.75, 3.05) is 32.7 Å². The number of nitrogens with one attached hydrogen (secondary N) is 1. The second kappa shape index (κ2) is 8.76. The number of pyridine rings is 1. The van der Waals surface area contributed by atoms with Gasteiger partial charge in [0.15, 0.2) is 0 Å². The van der Waals surface area contributed by atoms with Crippen molar-refractivity contribution < 1.29 is 17.6 Å². The third kappa shape index (κ3) is 4.73. The Labute approximate surface area is 164 Å². The van der Waals surface area contributed by atoms with Crippen molar-refractivity contribution in [3.63, 3.8) is 0 Å². The van der Waals surface area contributed by atoms with Crippen LogP contribution in [0.5, 0.6) is 0 Å². The molecule has 1 unspecified atom stereocenters. The lowest BCUT2D eigenvalue weighted by atomic mass is 10.1. The van der Waals surface area contributed by atoms with Gasteiger partial charge in [0.2, 0.25) is 15.9 Å². The van der Waals surface area contributed by atoms with E-state index >= 15 is 0 Å². The normalized spacial score (nSPS) is 16.7. The summed E-state index contributed by atoms with van der Waals surface area (Å²) in [5.41, 5.74) is 0.991. The zero-order valence-corrected chi connectivity index (χ0v) is 16.4. The van der Waals surface area contributed by atoms with Crippen molar-refractivity contribution in [1.29, 1.82) is 0 Å². The summed E-state index contributed by atoms with van der Waals surface area (Å²) in [6.07, 6.45) is 3.45. The molecular formula is C19H23FN4O3S. The Balaban J connectivity index is 1.52. The van der Waals surface area contributed by atoms with Crippen molar-refractivity contribution in [3.8, 4) is 0 Å². The Hall–Kier alpha value is -2.36. The van der Waals surface area contributed by atoms with Gasteiger partial charge in [-0.3, -0.25) is 9.78 Å². The summed E-state index contributed by atoms with van der Waals surface area (Å²) < 4.78 is 39.6. The Morgan fingerprint density at radius 1 is 1.18 bits per heavy atom. The molecular weight excluding hydrogens is 383 g/mol. The van der Waals surface area contributed by atoms with Gasteiger partial charge in [-0.2, -0.15) is 4.31 Å². The Morgan fingerprint density at radius 3 is 2.46 bits per heavy atom. The molecule has 1 aromatic heterocycles. The molecule has 150 valence electrons. The molecule has 0 radical (unpaired) electrons. The molecule has 3 rings (SSSR count). The van der Waals surface area contributed by atoms with Gasteiger partial charge in [0.05, 0.1) is 11.4 Å². The van der Waals surface area contributed by atoms with Crippen LogP contribution in [0.25, 0.3) is 0 Å². The van der Waals surface area contributed by atoms with Crippen molar-refractivity contribution in [1.82, 2.24) is 19.5 Å². The van der Waals surface area contributed by atoms with E-state index in [9.17, 15) is 17.6 Å². The van der Waals surface area contributed by atoms with Gasteiger partial charge in [0, 0.05) is 44.6 Å². The lowest BCUT2D eigenvalue weighted by Gasteiger charge is -2.34. The number of halogens is 1. The van der Waals surface area contributed by atoms with Gasteiger partial charge in [0.1, 0.15) is 5.82 Å². The molecule has 0 saturated carbocycles. The first-order valence-corrected chi connectivity index (χ1v) is 10.5. The zero-order chi connectivity index (χ0) is 20.1. The monoisotopic (exact) mass is 406 g/mol. The molecule has 1 fully saturated rings. The minimum absolute atomic E-state index is 0.0159. The molecule has 7 nitrogen and oxygen atoms in total. The molecule has 1 aliphatic rings. The fourth-order valence-corrected chi connectivity index (χ4v) is 4.46. The maximum atomic E-state index is 13.0. The highest BCUT2D eigenvalue weighted by Crippen LogP contribution is 2.18. The molecule has 9 heteroatoms. The lowest BCUT2D eigenvalue weighted by molar-refractivity contribution is -0.131. The van der Waals surface area contributed by atoms with Gasteiger partial charge in [-0.25, -0.2) is 12.8 Å². The Bertz CT molecular complexity index is 899. The standard InChI is InChI=1S/C19H23FN4O3S/c1-15(16-3-2-8-21-13-16)22-14-19(25)23-9-11-24(12-10-23)28(26,27)18-6-4-17(20)5-7-18/h2-8,13,15,22H,9-12,14H2,1H3. The summed E-state index contributed by atoms with van der Waals surface area (Å²) in [5, 5.41) is 3.17. The molecule has 2 heterocycles. The number of hydrogen-bond acceptors (Lipinski definition) is 5. The molecule has 1 atom stereocenters. The highest BCUT2D eigenvalue weighted by molar-refractivity contribution is 7.89. The number of piperazine rings is 1. The quantitative estimate of drug-likeness (QED) is 0.784. The third-order valence-electron chi connectivity index (χ3n) is 4.79. The predicted octanol–water partition coefficient (Wildman–Crippen LogP) is 1.40.